The SMILES string of the molecule is O=C(Cl)C(=O)Cl.c1ccc(P(c2ccccc2)c2ccccc2)cc1. The van der Waals surface area contributed by atoms with Crippen molar-refractivity contribution in [3.63, 3.8) is 0 Å². The Balaban J connectivity index is 0.000000326. The van der Waals surface area contributed by atoms with Gasteiger partial charge in [0.2, 0.25) is 0 Å². The number of rotatable bonds is 4. The van der Waals surface area contributed by atoms with E-state index in [0.717, 1.165) is 0 Å². The Hall–Kier alpha value is -1.99. The summed E-state index contributed by atoms with van der Waals surface area (Å²) in [6, 6.07) is 32.3. The van der Waals surface area contributed by atoms with Gasteiger partial charge >= 0.3 is 10.5 Å². The molecule has 0 heterocycles. The standard InChI is InChI=1S/C18H15P.C2Cl2O2/c1-4-10-16(11-5-1)19(17-12-6-2-7-13-17)18-14-8-3-9-15-18;3-1(5)2(4)6/h1-15H;. The monoisotopic (exact) mass is 388 g/mol. The van der Waals surface area contributed by atoms with Crippen LogP contribution in [0.4, 0.5) is 0 Å². The minimum absolute atomic E-state index is 0.446. The second kappa shape index (κ2) is 10.1. The van der Waals surface area contributed by atoms with Gasteiger partial charge in [-0.1, -0.05) is 91.0 Å². The predicted octanol–water partition coefficient (Wildman–Crippen LogP) is 3.96. The normalized spacial score (nSPS) is 9.88. The summed E-state index contributed by atoms with van der Waals surface area (Å²) in [5.41, 5.74) is 0. The molecule has 0 aliphatic rings. The second-order valence-electron chi connectivity index (χ2n) is 4.89. The van der Waals surface area contributed by atoms with Gasteiger partial charge in [0.15, 0.2) is 0 Å². The molecule has 0 aliphatic carbocycles. The first-order valence-electron chi connectivity index (χ1n) is 7.44. The van der Waals surface area contributed by atoms with E-state index in [9.17, 15) is 9.59 Å². The largest absolute Gasteiger partial charge is 0.304 e. The third-order valence-corrected chi connectivity index (χ3v) is 6.08. The lowest BCUT2D eigenvalue weighted by atomic mass is 10.4. The van der Waals surface area contributed by atoms with Crippen molar-refractivity contribution in [2.75, 3.05) is 0 Å². The van der Waals surface area contributed by atoms with Crippen LogP contribution in [0, 0.1) is 0 Å². The van der Waals surface area contributed by atoms with Crippen molar-refractivity contribution >= 4 is 57.5 Å². The maximum atomic E-state index is 9.43. The van der Waals surface area contributed by atoms with E-state index in [2.05, 4.69) is 114 Å². The van der Waals surface area contributed by atoms with Gasteiger partial charge in [0.1, 0.15) is 0 Å². The first kappa shape index (κ1) is 19.3. The molecule has 0 fully saturated rings. The highest BCUT2D eigenvalue weighted by molar-refractivity contribution is 7.79. The number of halogens is 2. The number of benzene rings is 3. The molecule has 0 radical (unpaired) electrons. The van der Waals surface area contributed by atoms with Gasteiger partial charge in [0.25, 0.3) is 0 Å². The number of carbonyl (C=O) groups excluding carboxylic acids is 2. The van der Waals surface area contributed by atoms with Gasteiger partial charge in [-0.25, -0.2) is 0 Å². The number of carbonyl (C=O) groups is 2. The fraction of sp³-hybridized carbons (Fsp3) is 0. The van der Waals surface area contributed by atoms with Crippen molar-refractivity contribution in [1.82, 2.24) is 0 Å². The molecule has 0 saturated carbocycles. The van der Waals surface area contributed by atoms with Gasteiger partial charge in [0, 0.05) is 0 Å². The lowest BCUT2D eigenvalue weighted by Crippen LogP contribution is -2.20. The molecule has 0 atom stereocenters. The van der Waals surface area contributed by atoms with Crippen molar-refractivity contribution in [3.8, 4) is 0 Å². The average molecular weight is 389 g/mol. The molecule has 25 heavy (non-hydrogen) atoms. The molecule has 0 bridgehead atoms. The van der Waals surface area contributed by atoms with Crippen LogP contribution in [0.2, 0.25) is 0 Å². The van der Waals surface area contributed by atoms with Crippen LogP contribution in [0.3, 0.4) is 0 Å². The molecule has 3 rings (SSSR count). The summed E-state index contributed by atoms with van der Waals surface area (Å²) in [5.74, 6) is 0. The lowest BCUT2D eigenvalue weighted by Gasteiger charge is -2.18. The molecule has 3 aromatic rings. The molecular formula is C20H15Cl2O2P. The first-order chi connectivity index (χ1) is 12.1. The summed E-state index contributed by atoms with van der Waals surface area (Å²) in [4.78, 5) is 18.9. The van der Waals surface area contributed by atoms with Crippen LogP contribution < -0.4 is 15.9 Å². The molecule has 3 aromatic carbocycles. The summed E-state index contributed by atoms with van der Waals surface area (Å²) in [7, 11) is -0.446. The maximum Gasteiger partial charge on any atom is 0.304 e. The summed E-state index contributed by atoms with van der Waals surface area (Å²) >= 11 is 8.98. The Labute approximate surface area is 158 Å². The molecule has 0 saturated heterocycles. The Morgan fingerprint density at radius 3 is 0.960 bits per heavy atom. The van der Waals surface area contributed by atoms with E-state index in [4.69, 9.17) is 0 Å². The Morgan fingerprint density at radius 2 is 0.760 bits per heavy atom. The molecule has 0 unspecified atom stereocenters. The lowest BCUT2D eigenvalue weighted by molar-refractivity contribution is -0.127. The molecule has 0 N–H and O–H groups in total. The summed E-state index contributed by atoms with van der Waals surface area (Å²) in [5, 5.41) is 1.91. The van der Waals surface area contributed by atoms with E-state index in [1.165, 1.54) is 15.9 Å². The zero-order valence-corrected chi connectivity index (χ0v) is 15.6. The van der Waals surface area contributed by atoms with Gasteiger partial charge in [-0.15, -0.1) is 0 Å². The van der Waals surface area contributed by atoms with Crippen LogP contribution in [0.1, 0.15) is 0 Å². The van der Waals surface area contributed by atoms with Gasteiger partial charge in [-0.05, 0) is 47.0 Å². The number of hydrogen-bond acceptors (Lipinski definition) is 2. The van der Waals surface area contributed by atoms with E-state index >= 15 is 0 Å². The molecule has 0 aliphatic heterocycles. The van der Waals surface area contributed by atoms with Crippen LogP contribution in [-0.2, 0) is 9.59 Å². The van der Waals surface area contributed by atoms with Gasteiger partial charge in [0.05, 0.1) is 0 Å². The van der Waals surface area contributed by atoms with E-state index in [-0.39, 0.29) is 0 Å². The highest BCUT2D eigenvalue weighted by Crippen LogP contribution is 2.32. The van der Waals surface area contributed by atoms with Crippen molar-refractivity contribution in [2.45, 2.75) is 0 Å². The Bertz CT molecular complexity index is 703. The Kier molecular flexibility index (Phi) is 7.81. The highest BCUT2D eigenvalue weighted by Gasteiger charge is 2.14. The first-order valence-corrected chi connectivity index (χ1v) is 9.54. The van der Waals surface area contributed by atoms with Crippen molar-refractivity contribution < 1.29 is 9.59 Å². The second-order valence-corrected chi connectivity index (χ2v) is 7.80. The van der Waals surface area contributed by atoms with Crippen LogP contribution in [0.15, 0.2) is 91.0 Å². The van der Waals surface area contributed by atoms with Crippen LogP contribution in [0.5, 0.6) is 0 Å². The molecule has 5 heteroatoms. The van der Waals surface area contributed by atoms with Crippen molar-refractivity contribution in [2.24, 2.45) is 0 Å². The molecule has 0 amide bonds. The minimum Gasteiger partial charge on any atom is -0.271 e. The maximum absolute atomic E-state index is 9.43. The van der Waals surface area contributed by atoms with Crippen LogP contribution in [0.25, 0.3) is 0 Å². The van der Waals surface area contributed by atoms with E-state index in [1.54, 1.807) is 0 Å². The quantitative estimate of drug-likeness (QED) is 0.385. The topological polar surface area (TPSA) is 34.1 Å². The van der Waals surface area contributed by atoms with Gasteiger partial charge < -0.3 is 0 Å². The Morgan fingerprint density at radius 1 is 0.520 bits per heavy atom. The zero-order chi connectivity index (χ0) is 18.1. The minimum atomic E-state index is -1.14. The third-order valence-electron chi connectivity index (χ3n) is 3.20. The fourth-order valence-corrected chi connectivity index (χ4v) is 4.48. The molecule has 2 nitrogen and oxygen atoms in total. The summed E-state index contributed by atoms with van der Waals surface area (Å²) in [6.07, 6.45) is 0. The molecule has 0 aromatic heterocycles. The van der Waals surface area contributed by atoms with Crippen molar-refractivity contribution in [1.29, 1.82) is 0 Å². The van der Waals surface area contributed by atoms with Crippen molar-refractivity contribution in [3.05, 3.63) is 91.0 Å². The van der Waals surface area contributed by atoms with Gasteiger partial charge in [-0.3, -0.25) is 9.59 Å². The highest BCUT2D eigenvalue weighted by atomic mass is 35.5. The van der Waals surface area contributed by atoms with E-state index < -0.39 is 18.4 Å². The summed E-state index contributed by atoms with van der Waals surface area (Å²) < 4.78 is 0. The van der Waals surface area contributed by atoms with E-state index in [1.807, 2.05) is 0 Å². The molecular weight excluding hydrogens is 374 g/mol. The fourth-order valence-electron chi connectivity index (χ4n) is 2.18. The third kappa shape index (κ3) is 6.10. The van der Waals surface area contributed by atoms with Crippen LogP contribution >= 0.6 is 31.1 Å². The molecule has 126 valence electrons. The zero-order valence-electron chi connectivity index (χ0n) is 13.2. The van der Waals surface area contributed by atoms with E-state index in [0.29, 0.717) is 0 Å². The molecule has 0 spiro atoms. The predicted molar refractivity (Wildman–Crippen MR) is 107 cm³/mol. The van der Waals surface area contributed by atoms with Gasteiger partial charge in [-0.2, -0.15) is 0 Å². The average Bonchev–Trinajstić information content (AvgIpc) is 2.65. The smallest absolute Gasteiger partial charge is 0.271 e. The van der Waals surface area contributed by atoms with Crippen LogP contribution in [-0.4, -0.2) is 10.5 Å². The summed E-state index contributed by atoms with van der Waals surface area (Å²) in [6.45, 7) is 0. The number of hydrogen-bond donors (Lipinski definition) is 0.